The first kappa shape index (κ1) is 18.1. The van der Waals surface area contributed by atoms with Crippen molar-refractivity contribution in [2.24, 2.45) is 0 Å². The van der Waals surface area contributed by atoms with E-state index in [9.17, 15) is 0 Å². The lowest BCUT2D eigenvalue weighted by atomic mass is 10.3. The Morgan fingerprint density at radius 1 is 0.500 bits per heavy atom. The molecule has 3 aromatic heterocycles. The third-order valence-corrected chi connectivity index (χ3v) is 4.04. The average molecular weight is 455 g/mol. The maximum atomic E-state index is 4.63. The van der Waals surface area contributed by atoms with Crippen LogP contribution < -0.4 is 6.15 Å². The summed E-state index contributed by atoms with van der Waals surface area (Å²) in [6.07, 6.45) is 8.09. The molecule has 6 heteroatoms. The van der Waals surface area contributed by atoms with Gasteiger partial charge in [-0.05, 0) is 72.8 Å². The summed E-state index contributed by atoms with van der Waals surface area (Å²) in [4.78, 5) is 16.0. The van der Waals surface area contributed by atoms with Gasteiger partial charge in [-0.3, -0.25) is 0 Å². The van der Waals surface area contributed by atoms with Crippen LogP contribution in [0.25, 0.3) is 46.4 Å². The van der Waals surface area contributed by atoms with Gasteiger partial charge in [0.25, 0.3) is 0 Å². The molecule has 0 saturated carbocycles. The Balaban J connectivity index is 0.000000980. The van der Waals surface area contributed by atoms with Crippen LogP contribution in [0.2, 0.25) is 0 Å². The lowest BCUT2D eigenvalue weighted by Gasteiger charge is -1.85. The Morgan fingerprint density at radius 3 is 1.04 bits per heavy atom. The molecule has 0 spiro atoms. The molecule has 3 aromatic rings. The summed E-state index contributed by atoms with van der Waals surface area (Å²) >= 11 is 0. The van der Waals surface area contributed by atoms with Gasteiger partial charge in [-0.2, -0.15) is 0 Å². The molecule has 130 valence electrons. The monoisotopic (exact) mass is 455 g/mol. The Labute approximate surface area is 167 Å². The van der Waals surface area contributed by atoms with E-state index in [0.29, 0.717) is 0 Å². The predicted molar refractivity (Wildman–Crippen MR) is 119 cm³/mol. The highest BCUT2D eigenvalue weighted by Gasteiger charge is 2.00. The van der Waals surface area contributed by atoms with Crippen molar-refractivity contribution in [2.45, 2.75) is 0 Å². The molecule has 5 rings (SSSR count). The Bertz CT molecular complexity index is 993. The number of nitrogens with zero attached hydrogens (tertiary/aromatic N) is 2. The largest absolute Gasteiger partial charge is 0.355 e. The van der Waals surface area contributed by atoms with Gasteiger partial charge in [0.2, 0.25) is 0 Å². The molecular formula is C20H18IN5. The number of hydrogen-bond acceptors (Lipinski definition) is 3. The summed E-state index contributed by atoms with van der Waals surface area (Å²) in [5.41, 5.74) is 7.86. The lowest BCUT2D eigenvalue weighted by Crippen LogP contribution is -1.75. The molecule has 5 heterocycles. The lowest BCUT2D eigenvalue weighted by molar-refractivity contribution is 1.31. The normalized spacial score (nSPS) is 11.7. The van der Waals surface area contributed by atoms with Gasteiger partial charge >= 0.3 is 0 Å². The number of aromatic amines is 2. The van der Waals surface area contributed by atoms with Crippen LogP contribution in [0.1, 0.15) is 22.8 Å². The van der Waals surface area contributed by atoms with Crippen LogP contribution in [0.5, 0.6) is 0 Å². The second-order valence-corrected chi connectivity index (χ2v) is 5.91. The van der Waals surface area contributed by atoms with Crippen molar-refractivity contribution in [1.29, 1.82) is 0 Å². The summed E-state index contributed by atoms with van der Waals surface area (Å²) in [5.74, 6) is 0. The molecular weight excluding hydrogens is 437 g/mol. The molecule has 0 atom stereocenters. The highest BCUT2D eigenvalue weighted by molar-refractivity contribution is 14.0. The van der Waals surface area contributed by atoms with Gasteiger partial charge < -0.3 is 16.1 Å². The van der Waals surface area contributed by atoms with Crippen molar-refractivity contribution >= 4 is 70.3 Å². The van der Waals surface area contributed by atoms with Crippen LogP contribution in [0.4, 0.5) is 0 Å². The van der Waals surface area contributed by atoms with Crippen LogP contribution in [0.3, 0.4) is 0 Å². The second-order valence-electron chi connectivity index (χ2n) is 5.91. The first-order valence-electron chi connectivity index (χ1n) is 7.85. The summed E-state index contributed by atoms with van der Waals surface area (Å²) in [5, 5.41) is 0. The number of halogens is 1. The zero-order valence-corrected chi connectivity index (χ0v) is 16.3. The van der Waals surface area contributed by atoms with Gasteiger partial charge in [-0.25, -0.2) is 9.97 Å². The maximum Gasteiger partial charge on any atom is 0.0658 e. The van der Waals surface area contributed by atoms with Gasteiger partial charge in [0, 0.05) is 22.1 Å². The van der Waals surface area contributed by atoms with Gasteiger partial charge in [0.15, 0.2) is 0 Å². The first-order chi connectivity index (χ1) is 11.8. The van der Waals surface area contributed by atoms with E-state index in [1.807, 2.05) is 48.6 Å². The fraction of sp³-hybridized carbons (Fsp3) is 0. The zero-order chi connectivity index (χ0) is 15.9. The Hall–Kier alpha value is -2.71. The third-order valence-electron chi connectivity index (χ3n) is 4.04. The fourth-order valence-electron chi connectivity index (χ4n) is 2.94. The number of fused-ring (bicyclic) bond motifs is 8. The van der Waals surface area contributed by atoms with E-state index < -0.39 is 0 Å². The van der Waals surface area contributed by atoms with E-state index in [2.05, 4.69) is 44.2 Å². The van der Waals surface area contributed by atoms with Gasteiger partial charge in [0.05, 0.1) is 22.8 Å². The smallest absolute Gasteiger partial charge is 0.0658 e. The van der Waals surface area contributed by atoms with E-state index in [1.165, 1.54) is 0 Å². The van der Waals surface area contributed by atoms with Crippen molar-refractivity contribution < 1.29 is 0 Å². The molecule has 0 radical (unpaired) electrons. The quantitative estimate of drug-likeness (QED) is 0.272. The molecule has 0 fully saturated rings. The molecule has 0 unspecified atom stereocenters. The number of rotatable bonds is 0. The average Bonchev–Trinajstić information content (AvgIpc) is 3.32. The Morgan fingerprint density at radius 2 is 0.769 bits per heavy atom. The molecule has 26 heavy (non-hydrogen) atoms. The molecule has 0 aromatic carbocycles. The predicted octanol–water partition coefficient (Wildman–Crippen LogP) is 5.44. The van der Waals surface area contributed by atoms with E-state index in [1.54, 1.807) is 0 Å². The minimum Gasteiger partial charge on any atom is -0.355 e. The van der Waals surface area contributed by atoms with Gasteiger partial charge in [-0.1, -0.05) is 0 Å². The Kier molecular flexibility index (Phi) is 5.06. The SMILES string of the molecule is C1=Cc2cc3ccc(cc4nc(cc5ccc(cc1n2)[nH]5)C=C4)[nH]3.I.N. The van der Waals surface area contributed by atoms with Crippen molar-refractivity contribution in [3.63, 3.8) is 0 Å². The third kappa shape index (κ3) is 3.61. The standard InChI is InChI=1S/C20H14N4.HI.H3N/c1-2-14-10-16-5-6-18(23-16)12-20-8-7-19(24-20)11-17-4-3-15(22-17)9-13(1)21-14;;/h1-12,21,24H;1H;1H3. The first-order valence-corrected chi connectivity index (χ1v) is 7.85. The van der Waals surface area contributed by atoms with Crippen LogP contribution in [-0.2, 0) is 0 Å². The van der Waals surface area contributed by atoms with Crippen LogP contribution in [-0.4, -0.2) is 19.9 Å². The van der Waals surface area contributed by atoms with Crippen LogP contribution >= 0.6 is 24.0 Å². The van der Waals surface area contributed by atoms with E-state index >= 15 is 0 Å². The van der Waals surface area contributed by atoms with Crippen molar-refractivity contribution in [3.05, 3.63) is 71.3 Å². The zero-order valence-electron chi connectivity index (χ0n) is 13.9. The molecule has 8 bridgehead atoms. The molecule has 2 aliphatic heterocycles. The van der Waals surface area contributed by atoms with Crippen LogP contribution in [0.15, 0.2) is 48.5 Å². The molecule has 0 aliphatic carbocycles. The number of hydrogen-bond donors (Lipinski definition) is 3. The number of nitrogens with one attached hydrogen (secondary N) is 2. The molecule has 0 amide bonds. The number of aromatic nitrogens is 4. The summed E-state index contributed by atoms with van der Waals surface area (Å²) in [7, 11) is 0. The van der Waals surface area contributed by atoms with E-state index in [0.717, 1.165) is 44.8 Å². The topological polar surface area (TPSA) is 92.4 Å². The summed E-state index contributed by atoms with van der Waals surface area (Å²) < 4.78 is 0. The minimum atomic E-state index is 0. The van der Waals surface area contributed by atoms with Crippen LogP contribution in [0, 0.1) is 0 Å². The number of H-pyrrole nitrogens is 2. The fourth-order valence-corrected chi connectivity index (χ4v) is 2.94. The van der Waals surface area contributed by atoms with Crippen molar-refractivity contribution in [1.82, 2.24) is 26.1 Å². The summed E-state index contributed by atoms with van der Waals surface area (Å²) in [6, 6.07) is 16.4. The highest BCUT2D eigenvalue weighted by atomic mass is 127. The van der Waals surface area contributed by atoms with Crippen molar-refractivity contribution in [2.75, 3.05) is 0 Å². The summed E-state index contributed by atoms with van der Waals surface area (Å²) in [6.45, 7) is 0. The molecule has 2 aliphatic rings. The highest BCUT2D eigenvalue weighted by Crippen LogP contribution is 2.16. The van der Waals surface area contributed by atoms with E-state index in [-0.39, 0.29) is 30.1 Å². The van der Waals surface area contributed by atoms with Gasteiger partial charge in [-0.15, -0.1) is 24.0 Å². The van der Waals surface area contributed by atoms with Crippen molar-refractivity contribution in [3.8, 4) is 0 Å². The minimum absolute atomic E-state index is 0. The molecule has 0 saturated heterocycles. The molecule has 5 N–H and O–H groups in total. The molecule has 5 nitrogen and oxygen atoms in total. The van der Waals surface area contributed by atoms with E-state index in [4.69, 9.17) is 0 Å². The second kappa shape index (κ2) is 7.27. The maximum absolute atomic E-state index is 4.63. The van der Waals surface area contributed by atoms with Gasteiger partial charge in [0.1, 0.15) is 0 Å².